The second kappa shape index (κ2) is 19.7. The minimum absolute atomic E-state index is 0.0502. The largest absolute Gasteiger partial charge is 0.501 e. The van der Waals surface area contributed by atoms with Crippen molar-refractivity contribution in [3.63, 3.8) is 0 Å². The smallest absolute Gasteiger partial charge is 0.383 e. The molecular formula is C49H50ClF3N6O3S3. The predicted octanol–water partition coefficient (Wildman–Crippen LogP) is 12.2. The van der Waals surface area contributed by atoms with Crippen molar-refractivity contribution in [2.24, 2.45) is 0 Å². The maximum absolute atomic E-state index is 14.0. The van der Waals surface area contributed by atoms with Gasteiger partial charge in [0.2, 0.25) is 0 Å². The molecule has 2 heterocycles. The Hall–Kier alpha value is -5.22. The Kier molecular flexibility index (Phi) is 14.0. The van der Waals surface area contributed by atoms with E-state index < -0.39 is 20.2 Å². The Morgan fingerprint density at radius 2 is 1.48 bits per heavy atom. The molecule has 1 amide bonds. The summed E-state index contributed by atoms with van der Waals surface area (Å²) in [6.45, 7) is 9.65. The van der Waals surface area contributed by atoms with Crippen molar-refractivity contribution in [3.8, 4) is 22.4 Å². The van der Waals surface area contributed by atoms with E-state index in [9.17, 15) is 26.4 Å². The van der Waals surface area contributed by atoms with Crippen LogP contribution in [0.2, 0.25) is 5.02 Å². The van der Waals surface area contributed by atoms with Crippen LogP contribution in [-0.4, -0.2) is 68.9 Å². The minimum Gasteiger partial charge on any atom is -0.383 e. The van der Waals surface area contributed by atoms with Gasteiger partial charge in [0.25, 0.3) is 15.7 Å². The number of benzene rings is 5. The van der Waals surface area contributed by atoms with E-state index in [2.05, 4.69) is 67.8 Å². The fourth-order valence-electron chi connectivity index (χ4n) is 8.16. The first-order chi connectivity index (χ1) is 31.2. The summed E-state index contributed by atoms with van der Waals surface area (Å²) in [5.41, 5.74) is 2.74. The van der Waals surface area contributed by atoms with Gasteiger partial charge in [-0.2, -0.15) is 13.2 Å². The number of carbonyl (C=O) groups is 1. The highest BCUT2D eigenvalue weighted by atomic mass is 35.5. The number of hydrogen-bond acceptors (Lipinski definition) is 9. The Labute approximate surface area is 392 Å². The maximum Gasteiger partial charge on any atom is 0.501 e. The summed E-state index contributed by atoms with van der Waals surface area (Å²) < 4.78 is 72.1. The molecule has 340 valence electrons. The summed E-state index contributed by atoms with van der Waals surface area (Å²) in [5, 5.41) is 6.79. The molecule has 2 fully saturated rings. The van der Waals surface area contributed by atoms with Gasteiger partial charge in [-0.05, 0) is 136 Å². The van der Waals surface area contributed by atoms with Crippen molar-refractivity contribution in [3.05, 3.63) is 138 Å². The molecule has 65 heavy (non-hydrogen) atoms. The molecule has 0 bridgehead atoms. The molecule has 1 saturated carbocycles. The third-order valence-corrected chi connectivity index (χ3v) is 15.1. The number of sulfone groups is 1. The molecule has 16 heteroatoms. The van der Waals surface area contributed by atoms with Crippen molar-refractivity contribution < 1.29 is 26.4 Å². The van der Waals surface area contributed by atoms with E-state index in [4.69, 9.17) is 11.6 Å². The Morgan fingerprint density at radius 3 is 2.12 bits per heavy atom. The highest BCUT2D eigenvalue weighted by molar-refractivity contribution is 8.00. The van der Waals surface area contributed by atoms with Gasteiger partial charge in [-0.3, -0.25) is 4.79 Å². The number of halogens is 4. The number of piperazine rings is 1. The first-order valence-electron chi connectivity index (χ1n) is 21.5. The van der Waals surface area contributed by atoms with Gasteiger partial charge in [0.05, 0.1) is 16.9 Å². The van der Waals surface area contributed by atoms with Gasteiger partial charge in [-0.15, -0.1) is 11.8 Å². The molecule has 1 saturated heterocycles. The Balaban J connectivity index is 0.935. The van der Waals surface area contributed by atoms with Crippen LogP contribution in [0.4, 0.5) is 35.9 Å². The molecule has 1 aliphatic heterocycles. The van der Waals surface area contributed by atoms with Crippen molar-refractivity contribution in [2.75, 3.05) is 58.3 Å². The lowest BCUT2D eigenvalue weighted by molar-refractivity contribution is -0.0435. The second-order valence-corrected chi connectivity index (χ2v) is 20.8. The van der Waals surface area contributed by atoms with E-state index in [1.54, 1.807) is 6.07 Å². The maximum atomic E-state index is 14.0. The first kappa shape index (κ1) is 46.3. The Bertz CT molecular complexity index is 2740. The molecular weight excluding hydrogens is 909 g/mol. The topological polar surface area (TPSA) is 98.7 Å². The van der Waals surface area contributed by atoms with Gasteiger partial charge < -0.3 is 29.7 Å². The van der Waals surface area contributed by atoms with Crippen molar-refractivity contribution >= 4 is 73.8 Å². The van der Waals surface area contributed by atoms with Gasteiger partial charge >= 0.3 is 5.51 Å². The first-order valence-corrected chi connectivity index (χ1v) is 25.2. The highest BCUT2D eigenvalue weighted by Gasteiger charge is 2.48. The lowest BCUT2D eigenvalue weighted by Crippen LogP contribution is -2.46. The summed E-state index contributed by atoms with van der Waals surface area (Å²) in [5.74, 6) is 0.475. The van der Waals surface area contributed by atoms with Gasteiger partial charge in [-0.1, -0.05) is 54.1 Å². The Morgan fingerprint density at radius 1 is 0.800 bits per heavy atom. The molecule has 5 aromatic carbocycles. The molecule has 0 atom stereocenters. The number of nitrogens with zero attached hydrogens (tertiary/aromatic N) is 3. The van der Waals surface area contributed by atoms with Crippen molar-refractivity contribution in [2.45, 2.75) is 65.9 Å². The normalized spacial score (nSPS) is 14.5. The van der Waals surface area contributed by atoms with Gasteiger partial charge in [-0.25, -0.2) is 8.42 Å². The molecule has 0 spiro atoms. The number of amides is 1. The van der Waals surface area contributed by atoms with Crippen LogP contribution in [0.5, 0.6) is 0 Å². The van der Waals surface area contributed by atoms with E-state index in [0.717, 1.165) is 101 Å². The van der Waals surface area contributed by atoms with E-state index in [1.165, 1.54) is 17.8 Å². The van der Waals surface area contributed by atoms with Crippen molar-refractivity contribution in [1.29, 1.82) is 0 Å². The monoisotopic (exact) mass is 958 g/mol. The van der Waals surface area contributed by atoms with Gasteiger partial charge in [0.15, 0.2) is 0 Å². The van der Waals surface area contributed by atoms with E-state index in [1.807, 2.05) is 85.8 Å². The van der Waals surface area contributed by atoms with E-state index in [-0.39, 0.29) is 30.2 Å². The molecule has 1 aromatic heterocycles. The van der Waals surface area contributed by atoms with Crippen molar-refractivity contribution in [1.82, 2.24) is 9.88 Å². The zero-order valence-corrected chi connectivity index (χ0v) is 39.4. The molecule has 1 aliphatic carbocycles. The molecule has 9 nitrogen and oxygen atoms in total. The molecule has 0 unspecified atom stereocenters. The number of rotatable bonds is 16. The minimum atomic E-state index is -5.62. The fourth-order valence-corrected chi connectivity index (χ4v) is 10.8. The number of nitrogens with one attached hydrogen (secondary N) is 3. The average molecular weight is 960 g/mol. The summed E-state index contributed by atoms with van der Waals surface area (Å²) in [6.07, 6.45) is 1.99. The lowest BCUT2D eigenvalue weighted by atomic mass is 9.95. The van der Waals surface area contributed by atoms with Crippen LogP contribution in [0.1, 0.15) is 48.8 Å². The number of anilines is 4. The highest BCUT2D eigenvalue weighted by Crippen LogP contribution is 2.43. The molecule has 6 aromatic rings. The zero-order valence-electron chi connectivity index (χ0n) is 36.2. The fraction of sp³-hybridized carbons (Fsp3) is 0.286. The number of carbonyl (C=O) groups excluding carboxylic acids is 1. The van der Waals surface area contributed by atoms with Crippen LogP contribution >= 0.6 is 35.3 Å². The standard InChI is InChI=1S/C49H50ClF3N6O3S3/c1-32(2)59-33(3)45(48(60)55-37-16-17-37)46(47(59)34-12-14-36(50)15-13-34)35-8-7-9-40(30-35)58-27-25-57(26-28-58)39-20-18-38(19-21-39)56-64-42-22-23-43(44(31-42)65(61,62)49(51,52)53)54-24-29-63-41-10-5-4-6-11-41/h4-15,18-23,30-32,37,54,56H,16-17,24-29H2,1-3H3,(H,55,60). The number of aromatic nitrogens is 1. The van der Waals surface area contributed by atoms with Crippen LogP contribution in [0, 0.1) is 6.92 Å². The van der Waals surface area contributed by atoms with Crippen LogP contribution in [0.3, 0.4) is 0 Å². The second-order valence-electron chi connectivity index (χ2n) is 16.4. The number of hydrogen-bond donors (Lipinski definition) is 3. The lowest BCUT2D eigenvalue weighted by Gasteiger charge is -2.37. The van der Waals surface area contributed by atoms with E-state index in [0.29, 0.717) is 26.9 Å². The molecule has 8 rings (SSSR count). The molecule has 3 N–H and O–H groups in total. The third-order valence-electron chi connectivity index (χ3n) is 11.5. The number of thioether (sulfide) groups is 1. The van der Waals surface area contributed by atoms with Crippen LogP contribution in [-0.2, 0) is 9.84 Å². The summed E-state index contributed by atoms with van der Waals surface area (Å²) >= 11 is 8.88. The van der Waals surface area contributed by atoms with Crippen LogP contribution < -0.4 is 25.2 Å². The predicted molar refractivity (Wildman–Crippen MR) is 262 cm³/mol. The third kappa shape index (κ3) is 10.6. The molecule has 2 aliphatic rings. The van der Waals surface area contributed by atoms with Gasteiger partial charge in [0.1, 0.15) is 4.90 Å². The SMILES string of the molecule is Cc1c(C(=O)NC2CC2)c(-c2cccc(N3CCN(c4ccc(NSc5ccc(NCCSc6ccccc6)c(S(=O)(=O)C(F)(F)F)c5)cc4)CC3)c2)c(-c2ccc(Cl)cc2)n1C(C)C. The summed E-state index contributed by atoms with van der Waals surface area (Å²) in [6, 6.07) is 37.9. The average Bonchev–Trinajstić information content (AvgIpc) is 4.06. The summed E-state index contributed by atoms with van der Waals surface area (Å²) in [4.78, 5) is 19.2. The van der Waals surface area contributed by atoms with Crippen LogP contribution in [0.15, 0.2) is 136 Å². The summed E-state index contributed by atoms with van der Waals surface area (Å²) in [7, 11) is -5.62. The van der Waals surface area contributed by atoms with E-state index >= 15 is 0 Å². The number of alkyl halides is 3. The quantitative estimate of drug-likeness (QED) is 0.0498. The molecule has 0 radical (unpaired) electrons. The van der Waals surface area contributed by atoms with Crippen LogP contribution in [0.25, 0.3) is 22.4 Å². The zero-order chi connectivity index (χ0) is 45.9. The van der Waals surface area contributed by atoms with Gasteiger partial charge in [0, 0.05) is 93.7 Å².